The first-order valence-electron chi connectivity index (χ1n) is 12.9. The number of carbonyl (C=O) groups is 1. The Morgan fingerprint density at radius 3 is 2.35 bits per heavy atom. The molecule has 6 heteroatoms. The lowest BCUT2D eigenvalue weighted by Crippen LogP contribution is -2.27. The van der Waals surface area contributed by atoms with Crippen molar-refractivity contribution in [2.75, 3.05) is 24.9 Å². The molecule has 0 saturated heterocycles. The van der Waals surface area contributed by atoms with Crippen LogP contribution in [0.3, 0.4) is 0 Å². The van der Waals surface area contributed by atoms with Crippen LogP contribution in [0.4, 0.5) is 11.4 Å². The van der Waals surface area contributed by atoms with Gasteiger partial charge in [-0.3, -0.25) is 4.79 Å². The number of benzene rings is 3. The highest BCUT2D eigenvalue weighted by atomic mass is 16.5. The highest BCUT2D eigenvalue weighted by Crippen LogP contribution is 2.46. The minimum atomic E-state index is -0.274. The Bertz CT molecular complexity index is 1320. The van der Waals surface area contributed by atoms with E-state index in [-0.39, 0.29) is 23.8 Å². The summed E-state index contributed by atoms with van der Waals surface area (Å²) in [6.07, 6.45) is 2.18. The Morgan fingerprint density at radius 1 is 0.919 bits per heavy atom. The van der Waals surface area contributed by atoms with Crippen LogP contribution in [0.2, 0.25) is 0 Å². The summed E-state index contributed by atoms with van der Waals surface area (Å²) in [5, 5.41) is 7.25. The lowest BCUT2D eigenvalue weighted by atomic mass is 9.78. The minimum Gasteiger partial charge on any atom is -0.497 e. The number of rotatable bonds is 7. The Balaban J connectivity index is 1.55. The van der Waals surface area contributed by atoms with Crippen LogP contribution in [-0.4, -0.2) is 26.1 Å². The molecule has 0 fully saturated rings. The third kappa shape index (κ3) is 5.01. The van der Waals surface area contributed by atoms with E-state index in [2.05, 4.69) is 36.6 Å². The maximum absolute atomic E-state index is 13.9. The molecule has 1 heterocycles. The molecule has 3 aromatic carbocycles. The fourth-order valence-corrected chi connectivity index (χ4v) is 5.18. The van der Waals surface area contributed by atoms with Gasteiger partial charge in [0.05, 0.1) is 37.7 Å². The topological polar surface area (TPSA) is 68.8 Å². The number of carbonyl (C=O) groups excluding carboxylic acids is 1. The molecule has 3 aromatic rings. The van der Waals surface area contributed by atoms with Gasteiger partial charge in [0, 0.05) is 29.2 Å². The lowest BCUT2D eigenvalue weighted by molar-refractivity contribution is -0.116. The molecule has 5 rings (SSSR count). The molecule has 3 unspecified atom stereocenters. The summed E-state index contributed by atoms with van der Waals surface area (Å²) < 4.78 is 17.1. The largest absolute Gasteiger partial charge is 0.497 e. The molecule has 6 nitrogen and oxygen atoms in total. The summed E-state index contributed by atoms with van der Waals surface area (Å²) in [7, 11) is 3.31. The number of nitrogens with one attached hydrogen (secondary N) is 2. The fourth-order valence-electron chi connectivity index (χ4n) is 5.18. The first-order valence-corrected chi connectivity index (χ1v) is 12.9. The van der Waals surface area contributed by atoms with Crippen LogP contribution in [0.25, 0.3) is 0 Å². The highest BCUT2D eigenvalue weighted by molar-refractivity contribution is 6.01. The molecule has 37 heavy (non-hydrogen) atoms. The molecule has 2 aliphatic rings. The number of anilines is 2. The van der Waals surface area contributed by atoms with Gasteiger partial charge in [-0.2, -0.15) is 0 Å². The van der Waals surface area contributed by atoms with E-state index < -0.39 is 0 Å². The third-order valence-corrected chi connectivity index (χ3v) is 7.31. The second-order valence-corrected chi connectivity index (χ2v) is 9.68. The highest BCUT2D eigenvalue weighted by Gasteiger charge is 2.37. The molecule has 0 saturated carbocycles. The van der Waals surface area contributed by atoms with E-state index in [1.165, 1.54) is 0 Å². The van der Waals surface area contributed by atoms with Crippen LogP contribution in [0.1, 0.15) is 56.2 Å². The number of methoxy groups -OCH3 is 2. The van der Waals surface area contributed by atoms with Crippen LogP contribution in [-0.2, 0) is 4.79 Å². The summed E-state index contributed by atoms with van der Waals surface area (Å²) >= 11 is 0. The first kappa shape index (κ1) is 24.8. The van der Waals surface area contributed by atoms with Gasteiger partial charge in [0.15, 0.2) is 5.78 Å². The number of hydrogen-bond donors (Lipinski definition) is 2. The first-order chi connectivity index (χ1) is 18.0. The fraction of sp³-hybridized carbons (Fsp3) is 0.323. The summed E-state index contributed by atoms with van der Waals surface area (Å²) in [6, 6.07) is 21.7. The van der Waals surface area contributed by atoms with Gasteiger partial charge in [0.1, 0.15) is 17.2 Å². The van der Waals surface area contributed by atoms with Crippen molar-refractivity contribution >= 4 is 17.2 Å². The van der Waals surface area contributed by atoms with E-state index in [1.807, 2.05) is 54.6 Å². The van der Waals surface area contributed by atoms with Gasteiger partial charge in [-0.25, -0.2) is 0 Å². The van der Waals surface area contributed by atoms with Crippen molar-refractivity contribution in [3.63, 3.8) is 0 Å². The molecular weight excluding hydrogens is 464 g/mol. The predicted octanol–water partition coefficient (Wildman–Crippen LogP) is 6.86. The molecule has 1 aliphatic heterocycles. The van der Waals surface area contributed by atoms with E-state index in [4.69, 9.17) is 14.2 Å². The Hall–Kier alpha value is -3.93. The summed E-state index contributed by atoms with van der Waals surface area (Å²) in [5.74, 6) is 2.44. The molecular formula is C31H34N2O4. The molecule has 0 spiro atoms. The average Bonchev–Trinajstić information content (AvgIpc) is 3.10. The number of Topliss-reactive ketones (excluding diaryl/α,β-unsaturated/α-hetero) is 1. The Labute approximate surface area is 218 Å². The van der Waals surface area contributed by atoms with Crippen molar-refractivity contribution in [1.29, 1.82) is 0 Å². The van der Waals surface area contributed by atoms with Gasteiger partial charge in [0.2, 0.25) is 0 Å². The number of allylic oxidation sites excluding steroid dienone is 1. The maximum atomic E-state index is 13.9. The zero-order valence-corrected chi connectivity index (χ0v) is 21.8. The summed E-state index contributed by atoms with van der Waals surface area (Å²) in [4.78, 5) is 13.9. The second kappa shape index (κ2) is 10.6. The summed E-state index contributed by atoms with van der Waals surface area (Å²) in [5.41, 5.74) is 5.65. The van der Waals surface area contributed by atoms with E-state index in [1.54, 1.807) is 14.2 Å². The zero-order chi connectivity index (χ0) is 25.9. The van der Waals surface area contributed by atoms with Crippen LogP contribution in [0.15, 0.2) is 78.0 Å². The standard InChI is InChI=1S/C31H34N2O4/c1-5-19(2)37-22-12-10-20(11-13-22)31-30-27(32-25-8-6-7-9-26(25)33-31)16-21(17-28(30)34)24-18-23(35-3)14-15-29(24)36-4/h6-15,18-19,21,31-33H,5,16-17H2,1-4H3. The van der Waals surface area contributed by atoms with Crippen molar-refractivity contribution in [2.24, 2.45) is 0 Å². The maximum Gasteiger partial charge on any atom is 0.163 e. The molecule has 1 aliphatic carbocycles. The molecule has 2 N–H and O–H groups in total. The number of hydrogen-bond acceptors (Lipinski definition) is 6. The number of fused-ring (bicyclic) bond motifs is 1. The third-order valence-electron chi connectivity index (χ3n) is 7.31. The average molecular weight is 499 g/mol. The van der Waals surface area contributed by atoms with Crippen molar-refractivity contribution in [3.05, 3.63) is 89.1 Å². The normalized spacial score (nSPS) is 19.5. The van der Waals surface area contributed by atoms with Gasteiger partial charge in [-0.05, 0) is 67.8 Å². The Kier molecular flexibility index (Phi) is 7.08. The van der Waals surface area contributed by atoms with Crippen LogP contribution in [0.5, 0.6) is 17.2 Å². The van der Waals surface area contributed by atoms with Gasteiger partial charge >= 0.3 is 0 Å². The molecule has 192 valence electrons. The van der Waals surface area contributed by atoms with Crippen molar-refractivity contribution in [1.82, 2.24) is 0 Å². The monoisotopic (exact) mass is 498 g/mol. The molecule has 0 bridgehead atoms. The number of para-hydroxylation sites is 2. The quantitative estimate of drug-likeness (QED) is 0.371. The molecule has 0 aromatic heterocycles. The SMILES string of the molecule is CCC(C)Oc1ccc(C2Nc3ccccc3NC3=C2C(=O)CC(c2cc(OC)ccc2OC)C3)cc1. The van der Waals surface area contributed by atoms with Gasteiger partial charge < -0.3 is 24.8 Å². The number of ether oxygens (including phenoxy) is 3. The number of ketones is 1. The smallest absolute Gasteiger partial charge is 0.163 e. The van der Waals surface area contributed by atoms with Crippen molar-refractivity contribution < 1.29 is 19.0 Å². The van der Waals surface area contributed by atoms with Crippen molar-refractivity contribution in [2.45, 2.75) is 51.2 Å². The van der Waals surface area contributed by atoms with Crippen LogP contribution >= 0.6 is 0 Å². The predicted molar refractivity (Wildman–Crippen MR) is 147 cm³/mol. The zero-order valence-electron chi connectivity index (χ0n) is 21.8. The van der Waals surface area contributed by atoms with E-state index in [0.717, 1.165) is 57.4 Å². The van der Waals surface area contributed by atoms with E-state index in [0.29, 0.717) is 12.8 Å². The van der Waals surface area contributed by atoms with Crippen molar-refractivity contribution in [3.8, 4) is 17.2 Å². The molecule has 3 atom stereocenters. The van der Waals surface area contributed by atoms with Gasteiger partial charge in [-0.15, -0.1) is 0 Å². The second-order valence-electron chi connectivity index (χ2n) is 9.68. The minimum absolute atomic E-state index is 0.0268. The summed E-state index contributed by atoms with van der Waals surface area (Å²) in [6.45, 7) is 4.17. The van der Waals surface area contributed by atoms with Crippen LogP contribution < -0.4 is 24.8 Å². The van der Waals surface area contributed by atoms with Gasteiger partial charge in [0.25, 0.3) is 0 Å². The lowest BCUT2D eigenvalue weighted by Gasteiger charge is -2.30. The molecule has 0 radical (unpaired) electrons. The van der Waals surface area contributed by atoms with E-state index >= 15 is 0 Å². The Morgan fingerprint density at radius 2 is 1.65 bits per heavy atom. The van der Waals surface area contributed by atoms with Gasteiger partial charge in [-0.1, -0.05) is 31.2 Å². The van der Waals surface area contributed by atoms with Crippen LogP contribution in [0, 0.1) is 0 Å². The van der Waals surface area contributed by atoms with E-state index in [9.17, 15) is 4.79 Å². The molecule has 0 amide bonds.